The molecule has 0 aliphatic rings. The lowest BCUT2D eigenvalue weighted by Gasteiger charge is -2.03. The van der Waals surface area contributed by atoms with Crippen molar-refractivity contribution in [2.45, 2.75) is 17.0 Å². The van der Waals surface area contributed by atoms with E-state index in [2.05, 4.69) is 25.9 Å². The van der Waals surface area contributed by atoms with Gasteiger partial charge in [0.2, 0.25) is 0 Å². The Hall–Kier alpha value is -1.07. The van der Waals surface area contributed by atoms with Crippen molar-refractivity contribution in [2.24, 2.45) is 0 Å². The van der Waals surface area contributed by atoms with E-state index in [0.29, 0.717) is 5.56 Å². The number of aromatic amines is 1. The van der Waals surface area contributed by atoms with Gasteiger partial charge in [-0.15, -0.1) is 0 Å². The smallest absolute Gasteiger partial charge is 0.170 e. The van der Waals surface area contributed by atoms with Gasteiger partial charge in [-0.3, -0.25) is 4.79 Å². The molecule has 1 aromatic carbocycles. The number of halogens is 1. The number of rotatable bonds is 3. The van der Waals surface area contributed by atoms with E-state index in [1.54, 1.807) is 19.3 Å². The summed E-state index contributed by atoms with van der Waals surface area (Å²) in [6.07, 6.45) is 3.49. The fourth-order valence-corrected chi connectivity index (χ4v) is 2.58. The molecule has 0 fully saturated rings. The number of carbonyl (C=O) groups is 1. The van der Waals surface area contributed by atoms with Crippen LogP contribution >= 0.6 is 27.7 Å². The quantitative estimate of drug-likeness (QED) is 0.882. The van der Waals surface area contributed by atoms with Crippen molar-refractivity contribution in [1.29, 1.82) is 0 Å². The number of hydrogen-bond acceptors (Lipinski definition) is 3. The molecule has 1 heterocycles. The molecule has 0 amide bonds. The van der Waals surface area contributed by atoms with E-state index < -0.39 is 0 Å². The van der Waals surface area contributed by atoms with Gasteiger partial charge in [-0.1, -0.05) is 17.8 Å². The largest absolute Gasteiger partial charge is 0.339 e. The van der Waals surface area contributed by atoms with Crippen LogP contribution in [0.3, 0.4) is 0 Å². The molecule has 0 spiro atoms. The van der Waals surface area contributed by atoms with E-state index in [1.807, 2.05) is 18.2 Å². The van der Waals surface area contributed by atoms with Crippen LogP contribution in [0.15, 0.2) is 45.1 Å². The highest BCUT2D eigenvalue weighted by molar-refractivity contribution is 9.10. The van der Waals surface area contributed by atoms with Crippen molar-refractivity contribution in [3.05, 3.63) is 40.6 Å². The molecule has 0 unspecified atom stereocenters. The average molecular weight is 297 g/mol. The Morgan fingerprint density at radius 1 is 1.50 bits per heavy atom. The lowest BCUT2D eigenvalue weighted by atomic mass is 10.2. The predicted octanol–water partition coefficient (Wildman–Crippen LogP) is 3.53. The third-order valence-electron chi connectivity index (χ3n) is 2.02. The lowest BCUT2D eigenvalue weighted by molar-refractivity contribution is 0.101. The Labute approximate surface area is 106 Å². The number of imidazole rings is 1. The Morgan fingerprint density at radius 3 is 2.88 bits per heavy atom. The number of ketones is 1. The average Bonchev–Trinajstić information content (AvgIpc) is 2.73. The second-order valence-corrected chi connectivity index (χ2v) is 5.08. The summed E-state index contributed by atoms with van der Waals surface area (Å²) in [7, 11) is 0. The summed E-state index contributed by atoms with van der Waals surface area (Å²) in [6.45, 7) is 1.56. The van der Waals surface area contributed by atoms with Gasteiger partial charge in [0.1, 0.15) is 0 Å². The maximum Gasteiger partial charge on any atom is 0.170 e. The highest BCUT2D eigenvalue weighted by atomic mass is 79.9. The fourth-order valence-electron chi connectivity index (χ4n) is 1.21. The molecule has 2 aromatic rings. The van der Waals surface area contributed by atoms with Crippen LogP contribution in [0.1, 0.15) is 17.3 Å². The van der Waals surface area contributed by atoms with Crippen LogP contribution in [0.2, 0.25) is 0 Å². The van der Waals surface area contributed by atoms with E-state index in [9.17, 15) is 4.79 Å². The first-order valence-electron chi connectivity index (χ1n) is 4.64. The van der Waals surface area contributed by atoms with Gasteiger partial charge in [0, 0.05) is 27.3 Å². The molecule has 16 heavy (non-hydrogen) atoms. The molecule has 3 nitrogen and oxygen atoms in total. The number of carbonyl (C=O) groups excluding carboxylic acids is 1. The Balaban J connectivity index is 2.26. The highest BCUT2D eigenvalue weighted by Crippen LogP contribution is 2.32. The van der Waals surface area contributed by atoms with Gasteiger partial charge in [-0.25, -0.2) is 4.98 Å². The summed E-state index contributed by atoms with van der Waals surface area (Å²) < 4.78 is 0.904. The molecule has 1 N–H and O–H groups in total. The monoisotopic (exact) mass is 296 g/mol. The maximum atomic E-state index is 11.2. The Bertz CT molecular complexity index is 511. The number of benzene rings is 1. The maximum absolute atomic E-state index is 11.2. The predicted molar refractivity (Wildman–Crippen MR) is 66.9 cm³/mol. The molecule has 0 bridgehead atoms. The molecule has 0 saturated heterocycles. The van der Waals surface area contributed by atoms with Crippen molar-refractivity contribution in [3.63, 3.8) is 0 Å². The van der Waals surface area contributed by atoms with Crippen LogP contribution in [0, 0.1) is 0 Å². The zero-order chi connectivity index (χ0) is 11.5. The van der Waals surface area contributed by atoms with Crippen molar-refractivity contribution in [2.75, 3.05) is 0 Å². The van der Waals surface area contributed by atoms with E-state index in [1.165, 1.54) is 11.8 Å². The first kappa shape index (κ1) is 11.4. The molecule has 0 atom stereocenters. The highest BCUT2D eigenvalue weighted by Gasteiger charge is 2.07. The molecule has 82 valence electrons. The molecular weight excluding hydrogens is 288 g/mol. The van der Waals surface area contributed by atoms with Crippen molar-refractivity contribution in [1.82, 2.24) is 9.97 Å². The number of hydrogen-bond donors (Lipinski definition) is 1. The summed E-state index contributed by atoms with van der Waals surface area (Å²) in [4.78, 5) is 19.4. The summed E-state index contributed by atoms with van der Waals surface area (Å²) in [5.41, 5.74) is 0.704. The minimum atomic E-state index is 0.0650. The molecule has 1 aromatic heterocycles. The minimum Gasteiger partial charge on any atom is -0.339 e. The first-order chi connectivity index (χ1) is 7.66. The fraction of sp³-hybridized carbons (Fsp3) is 0.0909. The molecule has 2 rings (SSSR count). The zero-order valence-electron chi connectivity index (χ0n) is 8.53. The van der Waals surface area contributed by atoms with E-state index in [-0.39, 0.29) is 5.78 Å². The summed E-state index contributed by atoms with van der Waals surface area (Å²) in [5.74, 6) is 0.0650. The van der Waals surface area contributed by atoms with Crippen LogP contribution in [0.4, 0.5) is 0 Å². The van der Waals surface area contributed by atoms with Crippen LogP contribution in [-0.4, -0.2) is 15.8 Å². The molecule has 5 heteroatoms. The summed E-state index contributed by atoms with van der Waals surface area (Å²) >= 11 is 4.96. The second kappa shape index (κ2) is 4.84. The van der Waals surface area contributed by atoms with Crippen LogP contribution in [0.5, 0.6) is 0 Å². The van der Waals surface area contributed by atoms with E-state index in [4.69, 9.17) is 0 Å². The van der Waals surface area contributed by atoms with Gasteiger partial charge in [0.15, 0.2) is 10.9 Å². The number of nitrogens with zero attached hydrogens (tertiary/aromatic N) is 1. The van der Waals surface area contributed by atoms with Crippen molar-refractivity contribution in [3.8, 4) is 0 Å². The van der Waals surface area contributed by atoms with Gasteiger partial charge in [-0.2, -0.15) is 0 Å². The summed E-state index contributed by atoms with van der Waals surface area (Å²) in [5, 5.41) is 0.830. The van der Waals surface area contributed by atoms with Crippen molar-refractivity contribution >= 4 is 33.5 Å². The number of nitrogens with one attached hydrogen (secondary N) is 1. The van der Waals surface area contributed by atoms with Gasteiger partial charge < -0.3 is 4.98 Å². The number of aromatic nitrogens is 2. The SMILES string of the molecule is CC(=O)c1ccc(Sc2ncc[nH]2)c(Br)c1. The molecule has 0 aliphatic heterocycles. The normalized spacial score (nSPS) is 10.4. The lowest BCUT2D eigenvalue weighted by Crippen LogP contribution is -1.91. The van der Waals surface area contributed by atoms with Crippen LogP contribution in [0.25, 0.3) is 0 Å². The zero-order valence-corrected chi connectivity index (χ0v) is 10.9. The molecule has 0 saturated carbocycles. The molecule has 0 radical (unpaired) electrons. The van der Waals surface area contributed by atoms with Crippen molar-refractivity contribution < 1.29 is 4.79 Å². The van der Waals surface area contributed by atoms with E-state index in [0.717, 1.165) is 14.5 Å². The molecule has 0 aliphatic carbocycles. The first-order valence-corrected chi connectivity index (χ1v) is 6.25. The number of H-pyrrole nitrogens is 1. The van der Waals surface area contributed by atoms with Gasteiger partial charge >= 0.3 is 0 Å². The van der Waals surface area contributed by atoms with Gasteiger partial charge in [0.05, 0.1) is 0 Å². The third kappa shape index (κ3) is 2.54. The Morgan fingerprint density at radius 2 is 2.31 bits per heavy atom. The van der Waals surface area contributed by atoms with E-state index >= 15 is 0 Å². The third-order valence-corrected chi connectivity index (χ3v) is 3.93. The second-order valence-electron chi connectivity index (χ2n) is 3.20. The van der Waals surface area contributed by atoms with Crippen LogP contribution < -0.4 is 0 Å². The summed E-state index contributed by atoms with van der Waals surface area (Å²) in [6, 6.07) is 5.56. The molecular formula is C11H9BrN2OS. The minimum absolute atomic E-state index is 0.0650. The Kier molecular flexibility index (Phi) is 3.46. The topological polar surface area (TPSA) is 45.8 Å². The van der Waals surface area contributed by atoms with Gasteiger partial charge in [-0.05, 0) is 35.0 Å². The van der Waals surface area contributed by atoms with Crippen LogP contribution in [-0.2, 0) is 0 Å². The standard InChI is InChI=1S/C11H9BrN2OS/c1-7(15)8-2-3-10(9(12)6-8)16-11-13-4-5-14-11/h2-6H,1H3,(H,13,14). The van der Waals surface area contributed by atoms with Gasteiger partial charge in [0.25, 0.3) is 0 Å². The number of Topliss-reactive ketones (excluding diaryl/α,β-unsaturated/α-hetero) is 1.